The van der Waals surface area contributed by atoms with Crippen LogP contribution in [0.3, 0.4) is 0 Å². The van der Waals surface area contributed by atoms with Crippen LogP contribution in [-0.2, 0) is 6.42 Å². The first kappa shape index (κ1) is 20.4. The van der Waals surface area contributed by atoms with E-state index in [4.69, 9.17) is 0 Å². The van der Waals surface area contributed by atoms with Gasteiger partial charge in [0.05, 0.1) is 0 Å². The fraction of sp³-hybridized carbons (Fsp3) is 0.739. The highest BCUT2D eigenvalue weighted by Gasteiger charge is 2.31. The van der Waals surface area contributed by atoms with E-state index in [-0.39, 0.29) is 5.92 Å². The normalized spacial score (nSPS) is 23.8. The lowest BCUT2D eigenvalue weighted by atomic mass is 9.70. The zero-order valence-corrected chi connectivity index (χ0v) is 16.4. The average molecular weight is 351 g/mol. The molecule has 1 saturated carbocycles. The zero-order chi connectivity index (χ0) is 18.2. The molecule has 0 heterocycles. The molecule has 1 aliphatic rings. The van der Waals surface area contributed by atoms with Crippen molar-refractivity contribution in [3.8, 4) is 0 Å². The monoisotopic (exact) mass is 350 g/mol. The van der Waals surface area contributed by atoms with E-state index in [0.717, 1.165) is 44.4 Å². The van der Waals surface area contributed by atoms with Crippen LogP contribution in [0.4, 0.5) is 8.78 Å². The van der Waals surface area contributed by atoms with Crippen molar-refractivity contribution in [2.75, 3.05) is 0 Å². The van der Waals surface area contributed by atoms with Gasteiger partial charge >= 0.3 is 0 Å². The first-order valence-corrected chi connectivity index (χ1v) is 10.5. The van der Waals surface area contributed by atoms with E-state index in [0.29, 0.717) is 23.5 Å². The van der Waals surface area contributed by atoms with Crippen molar-refractivity contribution in [3.05, 3.63) is 34.9 Å². The lowest BCUT2D eigenvalue weighted by molar-refractivity contribution is 0.228. The van der Waals surface area contributed by atoms with Crippen LogP contribution in [0.1, 0.15) is 102 Å². The van der Waals surface area contributed by atoms with Crippen LogP contribution in [0.15, 0.2) is 12.1 Å². The predicted octanol–water partition coefficient (Wildman–Crippen LogP) is 7.80. The molecule has 0 aromatic heterocycles. The fourth-order valence-corrected chi connectivity index (χ4v) is 4.56. The minimum Gasteiger partial charge on any atom is -0.203 e. The zero-order valence-electron chi connectivity index (χ0n) is 16.4. The lowest BCUT2D eigenvalue weighted by Gasteiger charge is -2.35. The molecule has 0 bridgehead atoms. The third-order valence-corrected chi connectivity index (χ3v) is 6.14. The van der Waals surface area contributed by atoms with Crippen LogP contribution in [0.25, 0.3) is 0 Å². The molecule has 2 heteroatoms. The molecule has 1 aromatic rings. The molecule has 0 radical (unpaired) electrons. The van der Waals surface area contributed by atoms with Crippen molar-refractivity contribution in [1.29, 1.82) is 0 Å². The second kappa shape index (κ2) is 10.3. The molecule has 25 heavy (non-hydrogen) atoms. The van der Waals surface area contributed by atoms with Crippen molar-refractivity contribution in [2.24, 2.45) is 11.8 Å². The van der Waals surface area contributed by atoms with Gasteiger partial charge in [-0.2, -0.15) is 0 Å². The molecule has 0 aliphatic heterocycles. The maximum absolute atomic E-state index is 14.7. The van der Waals surface area contributed by atoms with Gasteiger partial charge in [0, 0.05) is 0 Å². The van der Waals surface area contributed by atoms with Crippen molar-refractivity contribution in [1.82, 2.24) is 0 Å². The first-order valence-electron chi connectivity index (χ1n) is 10.5. The lowest BCUT2D eigenvalue weighted by Crippen LogP contribution is -2.22. The molecule has 0 amide bonds. The second-order valence-electron chi connectivity index (χ2n) is 8.16. The largest absolute Gasteiger partial charge is 0.203 e. The number of hydrogen-bond acceptors (Lipinski definition) is 0. The number of aryl methyl sites for hydroxylation is 1. The molecular weight excluding hydrogens is 314 g/mol. The Bertz CT molecular complexity index is 523. The molecule has 0 nitrogen and oxygen atoms in total. The molecule has 142 valence electrons. The predicted molar refractivity (Wildman–Crippen MR) is 103 cm³/mol. The summed E-state index contributed by atoms with van der Waals surface area (Å²) in [4.78, 5) is 0. The van der Waals surface area contributed by atoms with Gasteiger partial charge in [0.2, 0.25) is 0 Å². The molecule has 1 aliphatic carbocycles. The molecule has 3 atom stereocenters. The van der Waals surface area contributed by atoms with Crippen molar-refractivity contribution >= 4 is 0 Å². The van der Waals surface area contributed by atoms with Crippen LogP contribution in [0.2, 0.25) is 0 Å². The van der Waals surface area contributed by atoms with Gasteiger partial charge < -0.3 is 0 Å². The Hall–Kier alpha value is -0.920. The van der Waals surface area contributed by atoms with Crippen LogP contribution in [0.5, 0.6) is 0 Å². The number of halogens is 2. The third kappa shape index (κ3) is 5.53. The van der Waals surface area contributed by atoms with E-state index >= 15 is 0 Å². The highest BCUT2D eigenvalue weighted by Crippen LogP contribution is 2.43. The maximum Gasteiger partial charge on any atom is 0.162 e. The Morgan fingerprint density at radius 2 is 1.64 bits per heavy atom. The van der Waals surface area contributed by atoms with Gasteiger partial charge in [-0.25, -0.2) is 8.78 Å². The first-order chi connectivity index (χ1) is 12.1. The van der Waals surface area contributed by atoms with Gasteiger partial charge in [0.1, 0.15) is 0 Å². The Morgan fingerprint density at radius 1 is 0.920 bits per heavy atom. The van der Waals surface area contributed by atoms with Gasteiger partial charge in [-0.1, -0.05) is 71.4 Å². The van der Waals surface area contributed by atoms with Crippen LogP contribution in [-0.4, -0.2) is 0 Å². The Balaban J connectivity index is 2.00. The molecule has 1 aromatic carbocycles. The van der Waals surface area contributed by atoms with E-state index in [9.17, 15) is 8.78 Å². The van der Waals surface area contributed by atoms with Gasteiger partial charge in [-0.3, -0.25) is 0 Å². The summed E-state index contributed by atoms with van der Waals surface area (Å²) in [5.74, 6) is 0.238. The maximum atomic E-state index is 14.7. The summed E-state index contributed by atoms with van der Waals surface area (Å²) in [7, 11) is 0. The topological polar surface area (TPSA) is 0 Å². The smallest absolute Gasteiger partial charge is 0.162 e. The molecule has 2 rings (SSSR count). The second-order valence-corrected chi connectivity index (χ2v) is 8.16. The highest BCUT2D eigenvalue weighted by atomic mass is 19.2. The number of unbranched alkanes of at least 4 members (excludes halogenated alkanes) is 4. The quantitative estimate of drug-likeness (QED) is 0.399. The van der Waals surface area contributed by atoms with E-state index in [1.165, 1.54) is 25.7 Å². The summed E-state index contributed by atoms with van der Waals surface area (Å²) in [6, 6.07) is 3.71. The van der Waals surface area contributed by atoms with Crippen molar-refractivity contribution in [2.45, 2.75) is 97.3 Å². The van der Waals surface area contributed by atoms with Gasteiger partial charge in [-0.15, -0.1) is 0 Å². The fourth-order valence-electron chi connectivity index (χ4n) is 4.56. The molecule has 1 unspecified atom stereocenters. The molecule has 0 N–H and O–H groups in total. The SMILES string of the molecule is CCCCCc1ccc([C@@H]2CCC(CCCCC)C[C@H]2C)c(F)c1F. The summed E-state index contributed by atoms with van der Waals surface area (Å²) >= 11 is 0. The minimum atomic E-state index is -0.592. The summed E-state index contributed by atoms with van der Waals surface area (Å²) < 4.78 is 29.2. The summed E-state index contributed by atoms with van der Waals surface area (Å²) in [5, 5.41) is 0. The van der Waals surface area contributed by atoms with E-state index < -0.39 is 11.6 Å². The number of hydrogen-bond donors (Lipinski definition) is 0. The highest BCUT2D eigenvalue weighted by molar-refractivity contribution is 5.30. The van der Waals surface area contributed by atoms with E-state index in [1.54, 1.807) is 0 Å². The van der Waals surface area contributed by atoms with Crippen LogP contribution < -0.4 is 0 Å². The number of rotatable bonds is 9. The summed E-state index contributed by atoms with van der Waals surface area (Å²) in [5.41, 5.74) is 1.17. The van der Waals surface area contributed by atoms with E-state index in [1.807, 2.05) is 12.1 Å². The van der Waals surface area contributed by atoms with Crippen molar-refractivity contribution in [3.63, 3.8) is 0 Å². The minimum absolute atomic E-state index is 0.182. The van der Waals surface area contributed by atoms with Gasteiger partial charge in [0.15, 0.2) is 11.6 Å². The summed E-state index contributed by atoms with van der Waals surface area (Å²) in [6.07, 6.45) is 12.3. The Morgan fingerprint density at radius 3 is 2.32 bits per heavy atom. The Labute approximate surface area is 153 Å². The van der Waals surface area contributed by atoms with Crippen LogP contribution in [0, 0.1) is 23.5 Å². The van der Waals surface area contributed by atoms with Crippen molar-refractivity contribution < 1.29 is 8.78 Å². The molecule has 0 spiro atoms. The third-order valence-electron chi connectivity index (χ3n) is 6.14. The molecular formula is C23H36F2. The van der Waals surface area contributed by atoms with Crippen LogP contribution >= 0.6 is 0 Å². The standard InChI is InChI=1S/C23H36F2/c1-4-6-8-10-18-12-14-20(17(3)16-18)21-15-13-19(11-9-7-5-2)22(24)23(21)25/h13,15,17-18,20H,4-12,14,16H2,1-3H3/t17-,18?,20-/m1/s1. The summed E-state index contributed by atoms with van der Waals surface area (Å²) in [6.45, 7) is 6.59. The molecule has 0 saturated heterocycles. The average Bonchev–Trinajstić information content (AvgIpc) is 2.60. The van der Waals surface area contributed by atoms with Gasteiger partial charge in [0.25, 0.3) is 0 Å². The Kier molecular flexibility index (Phi) is 8.39. The number of benzene rings is 1. The van der Waals surface area contributed by atoms with E-state index in [2.05, 4.69) is 20.8 Å². The van der Waals surface area contributed by atoms with Gasteiger partial charge in [-0.05, 0) is 61.0 Å². The molecule has 1 fully saturated rings.